The highest BCUT2D eigenvalue weighted by molar-refractivity contribution is 5.91. The molecule has 0 aliphatic rings. The van der Waals surface area contributed by atoms with Crippen molar-refractivity contribution in [1.29, 1.82) is 0 Å². The van der Waals surface area contributed by atoms with E-state index in [9.17, 15) is 4.79 Å². The third-order valence-corrected chi connectivity index (χ3v) is 2.13. The third-order valence-electron chi connectivity index (χ3n) is 2.13. The molecule has 1 aromatic rings. The summed E-state index contributed by atoms with van der Waals surface area (Å²) in [5.41, 5.74) is 1.49. The molecule has 0 aliphatic heterocycles. The standard InChI is InChI=1S/C12H15NO2/c1-4-9(3)15-12(14)11-6-7-13-8-10(11)5-2/h4,6-9H,1,5H2,2-3H3/t9-/m0/s1. The van der Waals surface area contributed by atoms with Crippen molar-refractivity contribution in [3.63, 3.8) is 0 Å². The number of aromatic nitrogens is 1. The second-order valence-corrected chi connectivity index (χ2v) is 3.23. The van der Waals surface area contributed by atoms with E-state index in [4.69, 9.17) is 4.74 Å². The van der Waals surface area contributed by atoms with Crippen molar-refractivity contribution < 1.29 is 9.53 Å². The third kappa shape index (κ3) is 2.91. The number of carbonyl (C=O) groups excluding carboxylic acids is 1. The Morgan fingerprint density at radius 1 is 1.73 bits per heavy atom. The normalized spacial score (nSPS) is 11.9. The van der Waals surface area contributed by atoms with Crippen LogP contribution in [0.4, 0.5) is 0 Å². The highest BCUT2D eigenvalue weighted by atomic mass is 16.5. The average molecular weight is 205 g/mol. The number of hydrogen-bond donors (Lipinski definition) is 0. The van der Waals surface area contributed by atoms with Crippen molar-refractivity contribution in [3.05, 3.63) is 42.2 Å². The lowest BCUT2D eigenvalue weighted by Gasteiger charge is -2.10. The minimum absolute atomic E-state index is 0.268. The Balaban J connectivity index is 2.85. The Bertz CT molecular complexity index is 360. The number of hydrogen-bond acceptors (Lipinski definition) is 3. The van der Waals surface area contributed by atoms with E-state index in [1.165, 1.54) is 0 Å². The molecule has 0 saturated carbocycles. The molecule has 0 aromatic carbocycles. The van der Waals surface area contributed by atoms with Crippen LogP contribution in [0.25, 0.3) is 0 Å². The number of rotatable bonds is 4. The smallest absolute Gasteiger partial charge is 0.339 e. The summed E-state index contributed by atoms with van der Waals surface area (Å²) in [4.78, 5) is 15.7. The SMILES string of the molecule is C=C[C@H](C)OC(=O)c1ccncc1CC. The molecule has 1 atom stereocenters. The summed E-state index contributed by atoms with van der Waals surface area (Å²) >= 11 is 0. The Morgan fingerprint density at radius 2 is 2.47 bits per heavy atom. The van der Waals surface area contributed by atoms with Crippen LogP contribution >= 0.6 is 0 Å². The number of carbonyl (C=O) groups is 1. The van der Waals surface area contributed by atoms with E-state index in [1.54, 1.807) is 31.5 Å². The maximum atomic E-state index is 11.7. The van der Waals surface area contributed by atoms with Gasteiger partial charge in [0.15, 0.2) is 0 Å². The van der Waals surface area contributed by atoms with Crippen LogP contribution in [0.2, 0.25) is 0 Å². The first-order chi connectivity index (χ1) is 7.19. The lowest BCUT2D eigenvalue weighted by atomic mass is 10.1. The molecule has 3 nitrogen and oxygen atoms in total. The summed E-state index contributed by atoms with van der Waals surface area (Å²) in [5, 5.41) is 0. The summed E-state index contributed by atoms with van der Waals surface area (Å²) < 4.78 is 5.14. The molecule has 0 aliphatic carbocycles. The van der Waals surface area contributed by atoms with Crippen molar-refractivity contribution in [2.75, 3.05) is 0 Å². The minimum Gasteiger partial charge on any atom is -0.455 e. The number of pyridine rings is 1. The second kappa shape index (κ2) is 5.29. The summed E-state index contributed by atoms with van der Waals surface area (Å²) in [6.07, 6.45) is 5.37. The fourth-order valence-electron chi connectivity index (χ4n) is 1.19. The first-order valence-electron chi connectivity index (χ1n) is 4.95. The molecule has 0 fully saturated rings. The number of esters is 1. The van der Waals surface area contributed by atoms with Crippen molar-refractivity contribution in [2.45, 2.75) is 26.4 Å². The summed E-state index contributed by atoms with van der Waals surface area (Å²) in [6.45, 7) is 7.31. The molecule has 80 valence electrons. The molecule has 0 spiro atoms. The largest absolute Gasteiger partial charge is 0.455 e. The zero-order valence-electron chi connectivity index (χ0n) is 9.06. The zero-order valence-corrected chi connectivity index (χ0v) is 9.06. The van der Waals surface area contributed by atoms with Gasteiger partial charge < -0.3 is 4.74 Å². The van der Waals surface area contributed by atoms with Gasteiger partial charge in [0.1, 0.15) is 6.10 Å². The maximum Gasteiger partial charge on any atom is 0.339 e. The Kier molecular flexibility index (Phi) is 4.03. The van der Waals surface area contributed by atoms with Gasteiger partial charge in [0.25, 0.3) is 0 Å². The van der Waals surface area contributed by atoms with Crippen LogP contribution in [0, 0.1) is 0 Å². The molecule has 0 saturated heterocycles. The van der Waals surface area contributed by atoms with Gasteiger partial charge in [-0.1, -0.05) is 19.6 Å². The topological polar surface area (TPSA) is 39.2 Å². The quantitative estimate of drug-likeness (QED) is 0.559. The molecule has 1 rings (SSSR count). The fourth-order valence-corrected chi connectivity index (χ4v) is 1.19. The van der Waals surface area contributed by atoms with Gasteiger partial charge in [-0.05, 0) is 25.0 Å². The van der Waals surface area contributed by atoms with Gasteiger partial charge in [0.2, 0.25) is 0 Å². The van der Waals surface area contributed by atoms with Gasteiger partial charge in [-0.3, -0.25) is 4.98 Å². The zero-order chi connectivity index (χ0) is 11.3. The van der Waals surface area contributed by atoms with Gasteiger partial charge in [0, 0.05) is 12.4 Å². The minimum atomic E-state index is -0.318. The molecular weight excluding hydrogens is 190 g/mol. The van der Waals surface area contributed by atoms with Crippen LogP contribution < -0.4 is 0 Å². The summed E-state index contributed by atoms with van der Waals surface area (Å²) in [5.74, 6) is -0.318. The van der Waals surface area contributed by atoms with E-state index in [2.05, 4.69) is 11.6 Å². The highest BCUT2D eigenvalue weighted by Crippen LogP contribution is 2.10. The van der Waals surface area contributed by atoms with E-state index in [-0.39, 0.29) is 12.1 Å². The number of nitrogens with zero attached hydrogens (tertiary/aromatic N) is 1. The van der Waals surface area contributed by atoms with Gasteiger partial charge in [-0.2, -0.15) is 0 Å². The molecule has 3 heteroatoms. The van der Waals surface area contributed by atoms with Crippen LogP contribution in [-0.4, -0.2) is 17.1 Å². The molecule has 0 unspecified atom stereocenters. The van der Waals surface area contributed by atoms with Crippen LogP contribution in [0.15, 0.2) is 31.1 Å². The van der Waals surface area contributed by atoms with Crippen molar-refractivity contribution in [3.8, 4) is 0 Å². The second-order valence-electron chi connectivity index (χ2n) is 3.23. The highest BCUT2D eigenvalue weighted by Gasteiger charge is 2.13. The van der Waals surface area contributed by atoms with Gasteiger partial charge in [-0.25, -0.2) is 4.79 Å². The van der Waals surface area contributed by atoms with Crippen LogP contribution in [0.1, 0.15) is 29.8 Å². The van der Waals surface area contributed by atoms with Crippen LogP contribution in [-0.2, 0) is 11.2 Å². The van der Waals surface area contributed by atoms with E-state index < -0.39 is 0 Å². The molecule has 15 heavy (non-hydrogen) atoms. The monoisotopic (exact) mass is 205 g/mol. The molecule has 0 N–H and O–H groups in total. The lowest BCUT2D eigenvalue weighted by Crippen LogP contribution is -2.14. The van der Waals surface area contributed by atoms with Gasteiger partial charge >= 0.3 is 5.97 Å². The van der Waals surface area contributed by atoms with E-state index in [0.717, 1.165) is 12.0 Å². The van der Waals surface area contributed by atoms with Gasteiger partial charge in [-0.15, -0.1) is 0 Å². The Hall–Kier alpha value is -1.64. The molecule has 1 aromatic heterocycles. The average Bonchev–Trinajstić information content (AvgIpc) is 2.28. The first-order valence-corrected chi connectivity index (χ1v) is 4.95. The molecule has 0 radical (unpaired) electrons. The summed E-state index contributed by atoms with van der Waals surface area (Å²) in [7, 11) is 0. The van der Waals surface area contributed by atoms with Crippen molar-refractivity contribution in [1.82, 2.24) is 4.98 Å². The summed E-state index contributed by atoms with van der Waals surface area (Å²) in [6, 6.07) is 1.68. The molecule has 0 amide bonds. The fraction of sp³-hybridized carbons (Fsp3) is 0.333. The Labute approximate surface area is 89.8 Å². The van der Waals surface area contributed by atoms with Crippen molar-refractivity contribution >= 4 is 5.97 Å². The van der Waals surface area contributed by atoms with Crippen LogP contribution in [0.5, 0.6) is 0 Å². The lowest BCUT2D eigenvalue weighted by molar-refractivity contribution is 0.0423. The van der Waals surface area contributed by atoms with Crippen LogP contribution in [0.3, 0.4) is 0 Å². The van der Waals surface area contributed by atoms with E-state index in [1.807, 2.05) is 6.92 Å². The maximum absolute atomic E-state index is 11.7. The predicted molar refractivity (Wildman–Crippen MR) is 58.7 cm³/mol. The van der Waals surface area contributed by atoms with Gasteiger partial charge in [0.05, 0.1) is 5.56 Å². The predicted octanol–water partition coefficient (Wildman–Crippen LogP) is 2.38. The first kappa shape index (κ1) is 11.4. The molecule has 0 bridgehead atoms. The van der Waals surface area contributed by atoms with E-state index in [0.29, 0.717) is 5.56 Å². The number of ether oxygens (including phenoxy) is 1. The molecule has 1 heterocycles. The van der Waals surface area contributed by atoms with Crippen molar-refractivity contribution in [2.24, 2.45) is 0 Å². The molecular formula is C12H15NO2. The number of aryl methyl sites for hydroxylation is 1. The van der Waals surface area contributed by atoms with E-state index >= 15 is 0 Å². The Morgan fingerprint density at radius 3 is 3.07 bits per heavy atom.